The molecule has 6 heteroatoms. The maximum absolute atomic E-state index is 11.1. The highest BCUT2D eigenvalue weighted by molar-refractivity contribution is 5.69. The zero-order valence-electron chi connectivity index (χ0n) is 13.0. The standard InChI is InChI=1S/C16H24N2O4/c1-20-16(19)3-2-8-22-15-11-14(17)5-4-13(15)12-18-6-9-21-10-7-18/h4-5,11H,2-3,6-10,12,17H2,1H3. The normalized spacial score (nSPS) is 15.5. The monoisotopic (exact) mass is 308 g/mol. The van der Waals surface area contributed by atoms with Crippen LogP contribution in [0.3, 0.4) is 0 Å². The Morgan fingerprint density at radius 2 is 2.14 bits per heavy atom. The van der Waals surface area contributed by atoms with Crippen molar-refractivity contribution in [1.29, 1.82) is 0 Å². The number of carbonyl (C=O) groups is 1. The van der Waals surface area contributed by atoms with Crippen molar-refractivity contribution in [3.8, 4) is 5.75 Å². The fourth-order valence-electron chi connectivity index (χ4n) is 2.34. The van der Waals surface area contributed by atoms with Crippen LogP contribution in [0.2, 0.25) is 0 Å². The molecule has 1 aliphatic heterocycles. The van der Waals surface area contributed by atoms with Crippen LogP contribution in [0, 0.1) is 0 Å². The van der Waals surface area contributed by atoms with Gasteiger partial charge in [0.1, 0.15) is 5.75 Å². The number of esters is 1. The molecule has 0 aliphatic carbocycles. The van der Waals surface area contributed by atoms with E-state index in [1.807, 2.05) is 18.2 Å². The number of nitrogens with two attached hydrogens (primary N) is 1. The molecule has 1 saturated heterocycles. The summed E-state index contributed by atoms with van der Waals surface area (Å²) in [6.07, 6.45) is 0.982. The van der Waals surface area contributed by atoms with E-state index in [1.165, 1.54) is 7.11 Å². The second kappa shape index (κ2) is 8.60. The average molecular weight is 308 g/mol. The second-order valence-electron chi connectivity index (χ2n) is 5.28. The van der Waals surface area contributed by atoms with E-state index in [-0.39, 0.29) is 5.97 Å². The van der Waals surface area contributed by atoms with Crippen LogP contribution < -0.4 is 10.5 Å². The van der Waals surface area contributed by atoms with Crippen molar-refractivity contribution in [1.82, 2.24) is 4.90 Å². The molecule has 22 heavy (non-hydrogen) atoms. The van der Waals surface area contributed by atoms with Crippen molar-refractivity contribution in [2.75, 3.05) is 45.8 Å². The Labute approximate surface area is 131 Å². The van der Waals surface area contributed by atoms with Gasteiger partial charge in [-0.3, -0.25) is 9.69 Å². The lowest BCUT2D eigenvalue weighted by atomic mass is 10.1. The molecule has 1 fully saturated rings. The number of benzene rings is 1. The fourth-order valence-corrected chi connectivity index (χ4v) is 2.34. The topological polar surface area (TPSA) is 74.0 Å². The number of hydrogen-bond acceptors (Lipinski definition) is 6. The first-order chi connectivity index (χ1) is 10.7. The van der Waals surface area contributed by atoms with Gasteiger partial charge in [-0.2, -0.15) is 0 Å². The molecule has 0 radical (unpaired) electrons. The second-order valence-corrected chi connectivity index (χ2v) is 5.28. The number of hydrogen-bond donors (Lipinski definition) is 1. The number of ether oxygens (including phenoxy) is 3. The van der Waals surface area contributed by atoms with Crippen molar-refractivity contribution in [3.63, 3.8) is 0 Å². The zero-order valence-corrected chi connectivity index (χ0v) is 13.0. The third-order valence-electron chi connectivity index (χ3n) is 3.60. The molecular weight excluding hydrogens is 284 g/mol. The van der Waals surface area contributed by atoms with Crippen LogP contribution in [-0.4, -0.2) is 50.9 Å². The number of rotatable bonds is 7. The van der Waals surface area contributed by atoms with E-state index < -0.39 is 0 Å². The molecule has 0 bridgehead atoms. The Balaban J connectivity index is 1.90. The van der Waals surface area contributed by atoms with E-state index in [0.717, 1.165) is 44.2 Å². The van der Waals surface area contributed by atoms with Gasteiger partial charge in [-0.15, -0.1) is 0 Å². The number of methoxy groups -OCH3 is 1. The number of nitrogens with zero attached hydrogens (tertiary/aromatic N) is 1. The van der Waals surface area contributed by atoms with E-state index >= 15 is 0 Å². The number of anilines is 1. The Hall–Kier alpha value is -1.79. The van der Waals surface area contributed by atoms with E-state index in [0.29, 0.717) is 25.1 Å². The van der Waals surface area contributed by atoms with Gasteiger partial charge in [0.15, 0.2) is 0 Å². The summed E-state index contributed by atoms with van der Waals surface area (Å²) >= 11 is 0. The SMILES string of the molecule is COC(=O)CCCOc1cc(N)ccc1CN1CCOCC1. The average Bonchev–Trinajstić information content (AvgIpc) is 2.54. The minimum absolute atomic E-state index is 0.218. The lowest BCUT2D eigenvalue weighted by molar-refractivity contribution is -0.140. The van der Waals surface area contributed by atoms with E-state index in [2.05, 4.69) is 9.64 Å². The summed E-state index contributed by atoms with van der Waals surface area (Å²) in [4.78, 5) is 13.4. The van der Waals surface area contributed by atoms with E-state index in [9.17, 15) is 4.79 Å². The van der Waals surface area contributed by atoms with E-state index in [4.69, 9.17) is 15.2 Å². The Bertz CT molecular complexity index is 487. The third-order valence-corrected chi connectivity index (χ3v) is 3.60. The summed E-state index contributed by atoms with van der Waals surface area (Å²) in [5, 5.41) is 0. The highest BCUT2D eigenvalue weighted by Crippen LogP contribution is 2.24. The van der Waals surface area contributed by atoms with Crippen LogP contribution in [0.15, 0.2) is 18.2 Å². The molecule has 0 saturated carbocycles. The minimum atomic E-state index is -0.218. The van der Waals surface area contributed by atoms with Crippen LogP contribution in [0.25, 0.3) is 0 Å². The number of morpholine rings is 1. The van der Waals surface area contributed by atoms with Crippen molar-refractivity contribution in [3.05, 3.63) is 23.8 Å². The molecule has 6 nitrogen and oxygen atoms in total. The smallest absolute Gasteiger partial charge is 0.305 e. The van der Waals surface area contributed by atoms with Crippen molar-refractivity contribution in [2.45, 2.75) is 19.4 Å². The highest BCUT2D eigenvalue weighted by atomic mass is 16.5. The first kappa shape index (κ1) is 16.6. The van der Waals surface area contributed by atoms with Gasteiger partial charge in [0, 0.05) is 43.4 Å². The van der Waals surface area contributed by atoms with Crippen LogP contribution in [-0.2, 0) is 20.8 Å². The summed E-state index contributed by atoms with van der Waals surface area (Å²) in [7, 11) is 1.39. The number of carbonyl (C=O) groups excluding carboxylic acids is 1. The quantitative estimate of drug-likeness (QED) is 0.467. The summed E-state index contributed by atoms with van der Waals surface area (Å²) in [6.45, 7) is 4.66. The molecular formula is C16H24N2O4. The summed E-state index contributed by atoms with van der Waals surface area (Å²) in [6, 6.07) is 5.73. The fraction of sp³-hybridized carbons (Fsp3) is 0.562. The van der Waals surface area contributed by atoms with Crippen LogP contribution >= 0.6 is 0 Å². The molecule has 0 amide bonds. The Kier molecular flexibility index (Phi) is 6.48. The molecule has 0 unspecified atom stereocenters. The molecule has 122 valence electrons. The summed E-state index contributed by atoms with van der Waals surface area (Å²) in [5.74, 6) is 0.570. The summed E-state index contributed by atoms with van der Waals surface area (Å²) < 4.78 is 15.8. The molecule has 2 rings (SSSR count). The van der Waals surface area contributed by atoms with Gasteiger partial charge in [0.2, 0.25) is 0 Å². The molecule has 2 N–H and O–H groups in total. The Morgan fingerprint density at radius 1 is 1.36 bits per heavy atom. The molecule has 1 heterocycles. The first-order valence-corrected chi connectivity index (χ1v) is 7.57. The predicted molar refractivity (Wildman–Crippen MR) is 83.7 cm³/mol. The molecule has 1 aromatic rings. The van der Waals surface area contributed by atoms with Crippen LogP contribution in [0.1, 0.15) is 18.4 Å². The van der Waals surface area contributed by atoms with Gasteiger partial charge in [0.05, 0.1) is 26.9 Å². The molecule has 1 aliphatic rings. The van der Waals surface area contributed by atoms with Crippen molar-refractivity contribution in [2.24, 2.45) is 0 Å². The highest BCUT2D eigenvalue weighted by Gasteiger charge is 2.14. The molecule has 1 aromatic carbocycles. The Morgan fingerprint density at radius 3 is 2.86 bits per heavy atom. The molecule has 0 atom stereocenters. The van der Waals surface area contributed by atoms with Gasteiger partial charge in [0.25, 0.3) is 0 Å². The van der Waals surface area contributed by atoms with Gasteiger partial charge in [-0.1, -0.05) is 6.07 Å². The summed E-state index contributed by atoms with van der Waals surface area (Å²) in [5.41, 5.74) is 7.63. The predicted octanol–water partition coefficient (Wildman–Crippen LogP) is 1.43. The van der Waals surface area contributed by atoms with Crippen molar-refractivity contribution < 1.29 is 19.0 Å². The van der Waals surface area contributed by atoms with Crippen molar-refractivity contribution >= 4 is 11.7 Å². The third kappa shape index (κ3) is 5.20. The zero-order chi connectivity index (χ0) is 15.8. The van der Waals surface area contributed by atoms with Gasteiger partial charge in [-0.05, 0) is 12.5 Å². The lowest BCUT2D eigenvalue weighted by Crippen LogP contribution is -2.35. The maximum Gasteiger partial charge on any atom is 0.305 e. The van der Waals surface area contributed by atoms with Gasteiger partial charge in [-0.25, -0.2) is 0 Å². The van der Waals surface area contributed by atoms with Gasteiger partial charge >= 0.3 is 5.97 Å². The molecule has 0 aromatic heterocycles. The lowest BCUT2D eigenvalue weighted by Gasteiger charge is -2.27. The molecule has 0 spiro atoms. The van der Waals surface area contributed by atoms with Crippen LogP contribution in [0.4, 0.5) is 5.69 Å². The minimum Gasteiger partial charge on any atom is -0.493 e. The van der Waals surface area contributed by atoms with Crippen LogP contribution in [0.5, 0.6) is 5.75 Å². The maximum atomic E-state index is 11.1. The van der Waals surface area contributed by atoms with Gasteiger partial charge < -0.3 is 19.9 Å². The first-order valence-electron chi connectivity index (χ1n) is 7.57. The number of nitrogen functional groups attached to an aromatic ring is 1. The largest absolute Gasteiger partial charge is 0.493 e. The van der Waals surface area contributed by atoms with E-state index in [1.54, 1.807) is 0 Å².